The minimum absolute atomic E-state index is 0.0904. The van der Waals surface area contributed by atoms with E-state index in [2.05, 4.69) is 10.3 Å². The average molecular weight is 381 g/mol. The molecule has 0 spiro atoms. The number of aromatic amines is 1. The number of anilines is 1. The maximum atomic E-state index is 14.1. The number of H-pyrrole nitrogens is 1. The number of benzene rings is 2. The van der Waals surface area contributed by atoms with Gasteiger partial charge < -0.3 is 19.6 Å². The monoisotopic (exact) mass is 381 g/mol. The van der Waals surface area contributed by atoms with Gasteiger partial charge in [-0.2, -0.15) is 0 Å². The first kappa shape index (κ1) is 17.8. The van der Waals surface area contributed by atoms with Crippen molar-refractivity contribution < 1.29 is 13.5 Å². The lowest BCUT2D eigenvalue weighted by Crippen LogP contribution is -2.16. The summed E-state index contributed by atoms with van der Waals surface area (Å²) in [4.78, 5) is 15.5. The van der Waals surface area contributed by atoms with E-state index < -0.39 is 11.6 Å². The Morgan fingerprint density at radius 2 is 1.82 bits per heavy atom. The van der Waals surface area contributed by atoms with Crippen LogP contribution in [0, 0.1) is 11.6 Å². The van der Waals surface area contributed by atoms with Crippen LogP contribution in [-0.4, -0.2) is 16.6 Å². The summed E-state index contributed by atoms with van der Waals surface area (Å²) in [5.74, 6) is -1.19. The summed E-state index contributed by atoms with van der Waals surface area (Å²) in [6.07, 6.45) is 3.39. The Bertz CT molecular complexity index is 1240. The minimum Gasteiger partial charge on any atom is -0.454 e. The number of ether oxygens (including phenoxy) is 1. The highest BCUT2D eigenvalue weighted by molar-refractivity contribution is 5.95. The molecule has 28 heavy (non-hydrogen) atoms. The van der Waals surface area contributed by atoms with E-state index in [-0.39, 0.29) is 11.3 Å². The molecule has 0 atom stereocenters. The first-order valence-corrected chi connectivity index (χ1v) is 8.59. The number of halogens is 2. The standard InChI is InChI=1S/C21H17F2N3O2/c1-24-13-4-6-18(28-19-5-3-12(22)9-17(19)23)15(10-13)16-11-26(2)21(27)14-7-8-25-20(14)16/h3-11,24-25H,1-2H3. The largest absolute Gasteiger partial charge is 0.454 e. The van der Waals surface area contributed by atoms with E-state index in [4.69, 9.17) is 4.74 Å². The van der Waals surface area contributed by atoms with Crippen LogP contribution in [0.4, 0.5) is 14.5 Å². The van der Waals surface area contributed by atoms with E-state index in [1.807, 2.05) is 6.07 Å². The summed E-state index contributed by atoms with van der Waals surface area (Å²) >= 11 is 0. The fourth-order valence-corrected chi connectivity index (χ4v) is 3.14. The quantitative estimate of drug-likeness (QED) is 0.541. The molecule has 5 nitrogen and oxygen atoms in total. The topological polar surface area (TPSA) is 59.0 Å². The zero-order valence-corrected chi connectivity index (χ0v) is 15.2. The molecular weight excluding hydrogens is 364 g/mol. The molecule has 142 valence electrons. The van der Waals surface area contributed by atoms with Gasteiger partial charge in [0, 0.05) is 49.4 Å². The number of nitrogens with one attached hydrogen (secondary N) is 2. The number of aromatic nitrogens is 2. The second-order valence-electron chi connectivity index (χ2n) is 6.36. The third kappa shape index (κ3) is 3.00. The van der Waals surface area contributed by atoms with Crippen LogP contribution in [0.25, 0.3) is 22.0 Å². The average Bonchev–Trinajstić information content (AvgIpc) is 3.17. The van der Waals surface area contributed by atoms with Crippen LogP contribution in [0.5, 0.6) is 11.5 Å². The van der Waals surface area contributed by atoms with E-state index in [1.165, 1.54) is 10.6 Å². The van der Waals surface area contributed by atoms with Crippen LogP contribution in [0.1, 0.15) is 0 Å². The maximum absolute atomic E-state index is 14.1. The molecule has 2 aromatic carbocycles. The summed E-state index contributed by atoms with van der Waals surface area (Å²) in [6, 6.07) is 10.2. The minimum atomic E-state index is -0.797. The Morgan fingerprint density at radius 1 is 1.04 bits per heavy atom. The van der Waals surface area contributed by atoms with Crippen molar-refractivity contribution in [2.45, 2.75) is 0 Å². The van der Waals surface area contributed by atoms with E-state index in [9.17, 15) is 13.6 Å². The van der Waals surface area contributed by atoms with E-state index in [1.54, 1.807) is 44.7 Å². The van der Waals surface area contributed by atoms with Crippen molar-refractivity contribution in [1.29, 1.82) is 0 Å². The lowest BCUT2D eigenvalue weighted by Gasteiger charge is -2.15. The molecule has 7 heteroatoms. The van der Waals surface area contributed by atoms with Gasteiger partial charge in [-0.05, 0) is 36.4 Å². The van der Waals surface area contributed by atoms with Gasteiger partial charge >= 0.3 is 0 Å². The zero-order chi connectivity index (χ0) is 19.8. The molecule has 0 saturated carbocycles. The number of aryl methyl sites for hydroxylation is 1. The number of pyridine rings is 1. The fourth-order valence-electron chi connectivity index (χ4n) is 3.14. The van der Waals surface area contributed by atoms with Crippen LogP contribution in [0.3, 0.4) is 0 Å². The van der Waals surface area contributed by atoms with Crippen molar-refractivity contribution in [2.75, 3.05) is 12.4 Å². The number of rotatable bonds is 4. The Kier molecular flexibility index (Phi) is 4.35. The lowest BCUT2D eigenvalue weighted by molar-refractivity contribution is 0.439. The van der Waals surface area contributed by atoms with Gasteiger partial charge in [0.2, 0.25) is 0 Å². The van der Waals surface area contributed by atoms with Gasteiger partial charge in [0.05, 0.1) is 10.9 Å². The van der Waals surface area contributed by atoms with Gasteiger partial charge in [-0.3, -0.25) is 4.79 Å². The Hall–Kier alpha value is -3.61. The van der Waals surface area contributed by atoms with Gasteiger partial charge in [-0.1, -0.05) is 0 Å². The van der Waals surface area contributed by atoms with Gasteiger partial charge in [-0.15, -0.1) is 0 Å². The van der Waals surface area contributed by atoms with E-state index >= 15 is 0 Å². The number of nitrogens with zero attached hydrogens (tertiary/aromatic N) is 1. The first-order valence-electron chi connectivity index (χ1n) is 8.59. The molecule has 0 fully saturated rings. The molecule has 0 aliphatic rings. The molecule has 0 radical (unpaired) electrons. The van der Waals surface area contributed by atoms with Crippen molar-refractivity contribution >= 4 is 16.6 Å². The first-order chi connectivity index (χ1) is 13.5. The second kappa shape index (κ2) is 6.84. The Labute approximate surface area is 159 Å². The zero-order valence-electron chi connectivity index (χ0n) is 15.2. The third-order valence-corrected chi connectivity index (χ3v) is 4.56. The number of hydrogen-bond acceptors (Lipinski definition) is 3. The van der Waals surface area contributed by atoms with E-state index in [0.717, 1.165) is 23.4 Å². The van der Waals surface area contributed by atoms with Crippen LogP contribution >= 0.6 is 0 Å². The summed E-state index contributed by atoms with van der Waals surface area (Å²) < 4.78 is 34.6. The van der Waals surface area contributed by atoms with Crippen molar-refractivity contribution in [3.8, 4) is 22.6 Å². The fraction of sp³-hybridized carbons (Fsp3) is 0.0952. The van der Waals surface area contributed by atoms with Crippen molar-refractivity contribution in [3.63, 3.8) is 0 Å². The van der Waals surface area contributed by atoms with Gasteiger partial charge in [0.25, 0.3) is 5.56 Å². The van der Waals surface area contributed by atoms with Crippen molar-refractivity contribution in [3.05, 3.63) is 76.8 Å². The second-order valence-corrected chi connectivity index (χ2v) is 6.36. The SMILES string of the molecule is CNc1ccc(Oc2ccc(F)cc2F)c(-c2cn(C)c(=O)c3cc[nH]c23)c1. The van der Waals surface area contributed by atoms with Crippen molar-refractivity contribution in [2.24, 2.45) is 7.05 Å². The molecule has 4 aromatic rings. The van der Waals surface area contributed by atoms with Crippen molar-refractivity contribution in [1.82, 2.24) is 9.55 Å². The van der Waals surface area contributed by atoms with Crippen LogP contribution in [0.15, 0.2) is 59.7 Å². The normalized spacial score (nSPS) is 11.0. The molecule has 2 N–H and O–H groups in total. The van der Waals surface area contributed by atoms with Gasteiger partial charge in [-0.25, -0.2) is 8.78 Å². The maximum Gasteiger partial charge on any atom is 0.259 e. The van der Waals surface area contributed by atoms with Gasteiger partial charge in [0.1, 0.15) is 11.6 Å². The summed E-state index contributed by atoms with van der Waals surface area (Å²) in [7, 11) is 3.45. The van der Waals surface area contributed by atoms with E-state index in [0.29, 0.717) is 22.2 Å². The predicted molar refractivity (Wildman–Crippen MR) is 105 cm³/mol. The Morgan fingerprint density at radius 3 is 2.57 bits per heavy atom. The molecule has 0 bridgehead atoms. The van der Waals surface area contributed by atoms with Gasteiger partial charge in [0.15, 0.2) is 11.6 Å². The highest BCUT2D eigenvalue weighted by atomic mass is 19.1. The van der Waals surface area contributed by atoms with Crippen LogP contribution in [0.2, 0.25) is 0 Å². The molecule has 0 aliphatic heterocycles. The highest BCUT2D eigenvalue weighted by Gasteiger charge is 2.16. The summed E-state index contributed by atoms with van der Waals surface area (Å²) in [6.45, 7) is 0. The summed E-state index contributed by atoms with van der Waals surface area (Å²) in [5, 5.41) is 3.59. The number of hydrogen-bond donors (Lipinski definition) is 2. The summed E-state index contributed by atoms with van der Waals surface area (Å²) in [5.41, 5.74) is 2.71. The van der Waals surface area contributed by atoms with Crippen LogP contribution in [-0.2, 0) is 7.05 Å². The number of fused-ring (bicyclic) bond motifs is 1. The third-order valence-electron chi connectivity index (χ3n) is 4.56. The Balaban J connectivity index is 1.93. The van der Waals surface area contributed by atoms with Crippen LogP contribution < -0.4 is 15.6 Å². The molecule has 2 aromatic heterocycles. The molecule has 0 unspecified atom stereocenters. The smallest absolute Gasteiger partial charge is 0.259 e. The molecular formula is C21H17F2N3O2. The molecule has 0 saturated heterocycles. The predicted octanol–water partition coefficient (Wildman–Crippen LogP) is 4.65. The molecule has 0 amide bonds. The molecule has 2 heterocycles. The molecule has 4 rings (SSSR count). The molecule has 0 aliphatic carbocycles. The lowest BCUT2D eigenvalue weighted by atomic mass is 10.0. The highest BCUT2D eigenvalue weighted by Crippen LogP contribution is 2.38.